The molecule has 0 bridgehead atoms. The van der Waals surface area contributed by atoms with Crippen molar-refractivity contribution in [3.8, 4) is 0 Å². The molecule has 0 saturated heterocycles. The van der Waals surface area contributed by atoms with Crippen LogP contribution in [0.1, 0.15) is 27.0 Å². The van der Waals surface area contributed by atoms with Gasteiger partial charge in [0.2, 0.25) is 0 Å². The molecule has 0 unspecified atom stereocenters. The minimum absolute atomic E-state index is 0.108. The highest BCUT2D eigenvalue weighted by atomic mass is 35.5. The minimum atomic E-state index is -1.50. The molecular weight excluding hydrogens is 381 g/mol. The van der Waals surface area contributed by atoms with Crippen molar-refractivity contribution in [2.75, 3.05) is 4.90 Å². The van der Waals surface area contributed by atoms with Gasteiger partial charge < -0.3 is 0 Å². The second-order valence-corrected chi connectivity index (χ2v) is 6.75. The predicted molar refractivity (Wildman–Crippen MR) is 105 cm³/mol. The van der Waals surface area contributed by atoms with Crippen LogP contribution in [-0.4, -0.2) is 11.9 Å². The first-order valence-electron chi connectivity index (χ1n) is 8.46. The highest BCUT2D eigenvalue weighted by Crippen LogP contribution is 2.33. The van der Waals surface area contributed by atoms with Crippen molar-refractivity contribution in [1.82, 2.24) is 0 Å². The third kappa shape index (κ3) is 3.75. The zero-order valence-electron chi connectivity index (χ0n) is 15.2. The Morgan fingerprint density at radius 2 is 1.61 bits per heavy atom. The Kier molecular flexibility index (Phi) is 5.47. The summed E-state index contributed by atoms with van der Waals surface area (Å²) in [4.78, 5) is 25.4. The molecule has 3 rings (SSSR count). The summed E-state index contributed by atoms with van der Waals surface area (Å²) in [6, 6.07) is 15.2. The molecule has 0 spiro atoms. The number of amides is 1. The lowest BCUT2D eigenvalue weighted by Gasteiger charge is -2.21. The zero-order chi connectivity index (χ0) is 20.4. The fourth-order valence-electron chi connectivity index (χ4n) is 3.01. The average molecular weight is 397 g/mol. The van der Waals surface area contributed by atoms with Gasteiger partial charge in [-0.3, -0.25) is 4.79 Å². The third-order valence-corrected chi connectivity index (χ3v) is 4.74. The molecular formula is C22H16ClFNO3. The van der Waals surface area contributed by atoms with Crippen molar-refractivity contribution < 1.29 is 19.1 Å². The van der Waals surface area contributed by atoms with E-state index in [1.54, 1.807) is 19.1 Å². The van der Waals surface area contributed by atoms with E-state index in [0.29, 0.717) is 11.1 Å². The highest BCUT2D eigenvalue weighted by Gasteiger charge is 2.23. The number of hydrogen-bond acceptors (Lipinski definition) is 2. The number of benzene rings is 3. The normalized spacial score (nSPS) is 10.6. The van der Waals surface area contributed by atoms with E-state index in [0.717, 1.165) is 16.5 Å². The Morgan fingerprint density at radius 3 is 2.21 bits per heavy atom. The molecule has 1 radical (unpaired) electrons. The molecule has 3 aromatic carbocycles. The van der Waals surface area contributed by atoms with Gasteiger partial charge in [-0.25, -0.2) is 19.2 Å². The number of ketones is 1. The van der Waals surface area contributed by atoms with Gasteiger partial charge in [-0.2, -0.15) is 0 Å². The van der Waals surface area contributed by atoms with Crippen LogP contribution in [0.15, 0.2) is 60.7 Å². The van der Waals surface area contributed by atoms with Gasteiger partial charge in [0.1, 0.15) is 5.82 Å². The first kappa shape index (κ1) is 19.6. The lowest BCUT2D eigenvalue weighted by atomic mass is 9.99. The molecule has 0 fully saturated rings. The van der Waals surface area contributed by atoms with Gasteiger partial charge >= 0.3 is 6.09 Å². The van der Waals surface area contributed by atoms with Crippen molar-refractivity contribution in [2.24, 2.45) is 0 Å². The molecule has 0 N–H and O–H groups in total. The fourth-order valence-corrected chi connectivity index (χ4v) is 3.27. The van der Waals surface area contributed by atoms with Crippen molar-refractivity contribution in [1.29, 1.82) is 0 Å². The van der Waals surface area contributed by atoms with Crippen LogP contribution in [0.4, 0.5) is 20.6 Å². The second kappa shape index (κ2) is 7.82. The first-order chi connectivity index (χ1) is 13.3. The molecule has 28 heavy (non-hydrogen) atoms. The number of anilines is 2. The average Bonchev–Trinajstić information content (AvgIpc) is 2.63. The lowest BCUT2D eigenvalue weighted by molar-refractivity contribution is 0.103. The SMILES string of the molecule is Cc1ccccc1C(=O)c1ccc(N(C([O])=O)c2ccc(F)cc2C)cc1Cl. The second-order valence-electron chi connectivity index (χ2n) is 6.34. The fraction of sp³-hybridized carbons (Fsp3) is 0.0909. The number of rotatable bonds is 4. The van der Waals surface area contributed by atoms with Crippen molar-refractivity contribution in [3.05, 3.63) is 93.8 Å². The van der Waals surface area contributed by atoms with E-state index in [9.17, 15) is 19.1 Å². The Labute approximate surface area is 166 Å². The molecule has 0 saturated carbocycles. The van der Waals surface area contributed by atoms with Crippen LogP contribution in [0.3, 0.4) is 0 Å². The molecule has 0 aliphatic heterocycles. The quantitative estimate of drug-likeness (QED) is 0.506. The van der Waals surface area contributed by atoms with E-state index in [4.69, 9.17) is 11.6 Å². The number of aryl methyl sites for hydroxylation is 2. The van der Waals surface area contributed by atoms with Crippen molar-refractivity contribution in [2.45, 2.75) is 13.8 Å². The maximum atomic E-state index is 13.4. The van der Waals surface area contributed by atoms with Crippen LogP contribution in [0.5, 0.6) is 0 Å². The summed E-state index contributed by atoms with van der Waals surface area (Å²) in [6.45, 7) is 3.41. The molecule has 4 nitrogen and oxygen atoms in total. The standard InChI is InChI=1S/C22H16ClFNO3/c1-13-5-3-4-6-17(13)21(26)18-9-8-16(12-19(18)23)25(22(27)28)20-10-7-15(24)11-14(20)2/h3-12H,1-2H3. The Bertz CT molecular complexity index is 1080. The van der Waals surface area contributed by atoms with E-state index >= 15 is 0 Å². The lowest BCUT2D eigenvalue weighted by Crippen LogP contribution is -2.23. The molecule has 0 aromatic heterocycles. The van der Waals surface area contributed by atoms with Crippen LogP contribution in [0, 0.1) is 19.7 Å². The summed E-state index contributed by atoms with van der Waals surface area (Å²) >= 11 is 6.31. The zero-order valence-corrected chi connectivity index (χ0v) is 16.0. The first-order valence-corrected chi connectivity index (χ1v) is 8.84. The number of hydrogen-bond donors (Lipinski definition) is 0. The van der Waals surface area contributed by atoms with Crippen LogP contribution >= 0.6 is 11.6 Å². The number of carbonyl (C=O) groups excluding carboxylic acids is 2. The van der Waals surface area contributed by atoms with Gasteiger partial charge in [-0.15, -0.1) is 0 Å². The largest absolute Gasteiger partial charge is 0.462 e. The topological polar surface area (TPSA) is 57.3 Å². The summed E-state index contributed by atoms with van der Waals surface area (Å²) in [5.74, 6) is -0.732. The monoisotopic (exact) mass is 396 g/mol. The molecule has 0 atom stereocenters. The molecule has 0 aliphatic rings. The van der Waals surface area contributed by atoms with Gasteiger partial charge in [-0.05, 0) is 61.4 Å². The molecule has 3 aromatic rings. The van der Waals surface area contributed by atoms with Crippen LogP contribution < -0.4 is 4.90 Å². The van der Waals surface area contributed by atoms with Crippen LogP contribution in [0.25, 0.3) is 0 Å². The van der Waals surface area contributed by atoms with Crippen LogP contribution in [0.2, 0.25) is 5.02 Å². The summed E-state index contributed by atoms with van der Waals surface area (Å²) in [5, 5.41) is 11.9. The number of nitrogens with zero attached hydrogens (tertiary/aromatic N) is 1. The predicted octanol–water partition coefficient (Wildman–Crippen LogP) is 6.02. The maximum absolute atomic E-state index is 13.4. The third-order valence-electron chi connectivity index (χ3n) is 4.43. The van der Waals surface area contributed by atoms with Crippen molar-refractivity contribution in [3.63, 3.8) is 0 Å². The molecule has 141 valence electrons. The van der Waals surface area contributed by atoms with Gasteiger partial charge in [0.05, 0.1) is 16.4 Å². The Balaban J connectivity index is 2.04. The summed E-state index contributed by atoms with van der Waals surface area (Å²) < 4.78 is 13.4. The summed E-state index contributed by atoms with van der Waals surface area (Å²) in [7, 11) is 0. The van der Waals surface area contributed by atoms with E-state index in [1.165, 1.54) is 30.3 Å². The van der Waals surface area contributed by atoms with E-state index in [1.807, 2.05) is 19.1 Å². The van der Waals surface area contributed by atoms with E-state index in [2.05, 4.69) is 0 Å². The summed E-state index contributed by atoms with van der Waals surface area (Å²) in [5.41, 5.74) is 2.44. The maximum Gasteiger partial charge on any atom is 0.462 e. The molecule has 0 heterocycles. The molecule has 6 heteroatoms. The Morgan fingerprint density at radius 1 is 0.893 bits per heavy atom. The number of carbonyl (C=O) groups is 2. The molecule has 0 aliphatic carbocycles. The van der Waals surface area contributed by atoms with Crippen LogP contribution in [-0.2, 0) is 5.11 Å². The Hall–Kier alpha value is -3.18. The minimum Gasteiger partial charge on any atom is -0.289 e. The van der Waals surface area contributed by atoms with Gasteiger partial charge in [0.15, 0.2) is 5.78 Å². The van der Waals surface area contributed by atoms with E-state index in [-0.39, 0.29) is 27.7 Å². The van der Waals surface area contributed by atoms with Gasteiger partial charge in [0, 0.05) is 11.1 Å². The summed E-state index contributed by atoms with van der Waals surface area (Å²) in [6.07, 6.45) is -1.50. The number of halogens is 2. The highest BCUT2D eigenvalue weighted by molar-refractivity contribution is 6.35. The van der Waals surface area contributed by atoms with Gasteiger partial charge in [-0.1, -0.05) is 35.9 Å². The van der Waals surface area contributed by atoms with Gasteiger partial charge in [0.25, 0.3) is 0 Å². The van der Waals surface area contributed by atoms with E-state index < -0.39 is 11.9 Å². The van der Waals surface area contributed by atoms with Crippen molar-refractivity contribution >= 4 is 34.9 Å². The molecule has 1 amide bonds. The smallest absolute Gasteiger partial charge is 0.289 e.